The fourth-order valence-corrected chi connectivity index (χ4v) is 5.55. The van der Waals surface area contributed by atoms with E-state index in [0.29, 0.717) is 27.4 Å². The number of carbonyl (C=O) groups excluding carboxylic acids is 2. The average molecular weight is 458 g/mol. The third-order valence-electron chi connectivity index (χ3n) is 7.05. The highest BCUT2D eigenvalue weighted by atomic mass is 35.5. The van der Waals surface area contributed by atoms with Crippen molar-refractivity contribution < 1.29 is 9.59 Å². The average Bonchev–Trinajstić information content (AvgIpc) is 2.91. The summed E-state index contributed by atoms with van der Waals surface area (Å²) < 4.78 is 0. The van der Waals surface area contributed by atoms with Gasteiger partial charge in [0.25, 0.3) is 0 Å². The second-order valence-electron chi connectivity index (χ2n) is 9.13. The lowest BCUT2D eigenvalue weighted by Crippen LogP contribution is -2.28. The Morgan fingerprint density at radius 3 is 2.55 bits per heavy atom. The second kappa shape index (κ2) is 9.75. The van der Waals surface area contributed by atoms with Gasteiger partial charge in [-0.3, -0.25) is 9.59 Å². The Morgan fingerprint density at radius 1 is 1.03 bits per heavy atom. The van der Waals surface area contributed by atoms with Gasteiger partial charge in [0.1, 0.15) is 0 Å². The predicted molar refractivity (Wildman–Crippen MR) is 127 cm³/mol. The standard InChI is InChI=1S/C26H29Cl2NO2/c1-16-4-2-7-22-21(16)6-3-5-19(25(22)30)14-17-8-10-18(11-9-17)26(31)29-20-12-13-23(27)24(28)15-20/h2,4,7,12-13,15,17-19H,3,5-6,8-11,14H2,1H3,(H,29,31). The molecule has 1 saturated carbocycles. The van der Waals surface area contributed by atoms with Crippen molar-refractivity contribution in [2.45, 2.75) is 58.3 Å². The van der Waals surface area contributed by atoms with Crippen LogP contribution in [-0.4, -0.2) is 11.7 Å². The third kappa shape index (κ3) is 5.15. The van der Waals surface area contributed by atoms with Crippen LogP contribution in [0, 0.1) is 24.7 Å². The summed E-state index contributed by atoms with van der Waals surface area (Å²) in [5.41, 5.74) is 4.11. The molecule has 2 aliphatic carbocycles. The van der Waals surface area contributed by atoms with Crippen LogP contribution in [0.5, 0.6) is 0 Å². The number of aryl methyl sites for hydroxylation is 1. The second-order valence-corrected chi connectivity index (χ2v) is 9.94. The molecule has 2 aromatic carbocycles. The van der Waals surface area contributed by atoms with Gasteiger partial charge in [0.15, 0.2) is 5.78 Å². The number of hydrogen-bond donors (Lipinski definition) is 1. The number of nitrogens with one attached hydrogen (secondary N) is 1. The zero-order valence-electron chi connectivity index (χ0n) is 17.9. The molecule has 31 heavy (non-hydrogen) atoms. The maximum Gasteiger partial charge on any atom is 0.227 e. The van der Waals surface area contributed by atoms with Crippen LogP contribution in [-0.2, 0) is 11.2 Å². The summed E-state index contributed by atoms with van der Waals surface area (Å²) in [5.74, 6) is 1.03. The smallest absolute Gasteiger partial charge is 0.227 e. The molecule has 3 nitrogen and oxygen atoms in total. The molecule has 0 heterocycles. The van der Waals surface area contributed by atoms with E-state index in [4.69, 9.17) is 23.2 Å². The molecule has 0 aliphatic heterocycles. The molecule has 2 aromatic rings. The minimum atomic E-state index is 0.0129. The fourth-order valence-electron chi connectivity index (χ4n) is 5.25. The number of hydrogen-bond acceptors (Lipinski definition) is 2. The summed E-state index contributed by atoms with van der Waals surface area (Å²) in [6.07, 6.45) is 7.76. The molecule has 164 valence electrons. The Bertz CT molecular complexity index is 979. The van der Waals surface area contributed by atoms with Gasteiger partial charge in [-0.15, -0.1) is 0 Å². The molecule has 0 bridgehead atoms. The number of halogens is 2. The van der Waals surface area contributed by atoms with Crippen LogP contribution in [0.3, 0.4) is 0 Å². The quantitative estimate of drug-likeness (QED) is 0.490. The van der Waals surface area contributed by atoms with Crippen molar-refractivity contribution in [3.05, 3.63) is 63.1 Å². The number of fused-ring (bicyclic) bond motifs is 1. The Morgan fingerprint density at radius 2 is 1.81 bits per heavy atom. The van der Waals surface area contributed by atoms with E-state index in [1.807, 2.05) is 12.1 Å². The highest BCUT2D eigenvalue weighted by Gasteiger charge is 2.32. The van der Waals surface area contributed by atoms with Gasteiger partial charge >= 0.3 is 0 Å². The van der Waals surface area contributed by atoms with Crippen LogP contribution < -0.4 is 5.32 Å². The normalized spacial score (nSPS) is 23.7. The molecule has 1 atom stereocenters. The van der Waals surface area contributed by atoms with Crippen molar-refractivity contribution in [3.8, 4) is 0 Å². The summed E-state index contributed by atoms with van der Waals surface area (Å²) in [5, 5.41) is 3.89. The summed E-state index contributed by atoms with van der Waals surface area (Å²) in [7, 11) is 0. The first kappa shape index (κ1) is 22.4. The fraction of sp³-hybridized carbons (Fsp3) is 0.462. The largest absolute Gasteiger partial charge is 0.326 e. The number of amides is 1. The topological polar surface area (TPSA) is 46.2 Å². The van der Waals surface area contributed by atoms with Crippen LogP contribution in [0.4, 0.5) is 5.69 Å². The van der Waals surface area contributed by atoms with Gasteiger partial charge in [-0.1, -0.05) is 41.4 Å². The number of carbonyl (C=O) groups is 2. The molecule has 5 heteroatoms. The van der Waals surface area contributed by atoms with E-state index in [9.17, 15) is 9.59 Å². The van der Waals surface area contributed by atoms with E-state index in [0.717, 1.165) is 56.9 Å². The molecular formula is C26H29Cl2NO2. The highest BCUT2D eigenvalue weighted by Crippen LogP contribution is 2.37. The van der Waals surface area contributed by atoms with Crippen LogP contribution in [0.15, 0.2) is 36.4 Å². The summed E-state index contributed by atoms with van der Waals surface area (Å²) >= 11 is 12.0. The van der Waals surface area contributed by atoms with Gasteiger partial charge in [-0.2, -0.15) is 0 Å². The van der Waals surface area contributed by atoms with Gasteiger partial charge in [0.2, 0.25) is 5.91 Å². The maximum atomic E-state index is 13.2. The molecule has 0 spiro atoms. The molecular weight excluding hydrogens is 429 g/mol. The molecule has 4 rings (SSSR count). The van der Waals surface area contributed by atoms with Crippen LogP contribution in [0.25, 0.3) is 0 Å². The minimum Gasteiger partial charge on any atom is -0.326 e. The molecule has 1 unspecified atom stereocenters. The molecule has 1 fully saturated rings. The van der Waals surface area contributed by atoms with Crippen molar-refractivity contribution in [3.63, 3.8) is 0 Å². The Balaban J connectivity index is 1.32. The lowest BCUT2D eigenvalue weighted by Gasteiger charge is -2.30. The monoisotopic (exact) mass is 457 g/mol. The van der Waals surface area contributed by atoms with Crippen molar-refractivity contribution in [1.29, 1.82) is 0 Å². The van der Waals surface area contributed by atoms with Crippen LogP contribution >= 0.6 is 23.2 Å². The van der Waals surface area contributed by atoms with E-state index in [1.165, 1.54) is 11.1 Å². The van der Waals surface area contributed by atoms with E-state index in [-0.39, 0.29) is 17.7 Å². The minimum absolute atomic E-state index is 0.0129. The zero-order valence-corrected chi connectivity index (χ0v) is 19.4. The lowest BCUT2D eigenvalue weighted by atomic mass is 9.76. The number of Topliss-reactive ketones (excluding diaryl/α,β-unsaturated/α-hetero) is 1. The van der Waals surface area contributed by atoms with Crippen LogP contribution in [0.2, 0.25) is 10.0 Å². The highest BCUT2D eigenvalue weighted by molar-refractivity contribution is 6.42. The van der Waals surface area contributed by atoms with E-state index in [2.05, 4.69) is 18.3 Å². The lowest BCUT2D eigenvalue weighted by molar-refractivity contribution is -0.121. The van der Waals surface area contributed by atoms with Gasteiger partial charge in [0, 0.05) is 23.1 Å². The SMILES string of the molecule is Cc1cccc2c1CCCC(CC1CCC(C(=O)Nc3ccc(Cl)c(Cl)c3)CC1)C2=O. The maximum absolute atomic E-state index is 13.2. The van der Waals surface area contributed by atoms with Gasteiger partial charge in [-0.05, 0) is 93.5 Å². The summed E-state index contributed by atoms with van der Waals surface area (Å²) in [6.45, 7) is 2.11. The molecule has 1 N–H and O–H groups in total. The molecule has 0 radical (unpaired) electrons. The van der Waals surface area contributed by atoms with E-state index >= 15 is 0 Å². The van der Waals surface area contributed by atoms with Gasteiger partial charge in [-0.25, -0.2) is 0 Å². The van der Waals surface area contributed by atoms with Crippen LogP contribution in [0.1, 0.15) is 66.4 Å². The van der Waals surface area contributed by atoms with Crippen molar-refractivity contribution in [1.82, 2.24) is 0 Å². The molecule has 0 saturated heterocycles. The first-order chi connectivity index (χ1) is 14.9. The number of benzene rings is 2. The van der Waals surface area contributed by atoms with Gasteiger partial charge < -0.3 is 5.32 Å². The summed E-state index contributed by atoms with van der Waals surface area (Å²) in [4.78, 5) is 25.9. The molecule has 2 aliphatic rings. The predicted octanol–water partition coefficient (Wildman–Crippen LogP) is 7.27. The number of ketones is 1. The van der Waals surface area contributed by atoms with Gasteiger partial charge in [0.05, 0.1) is 10.0 Å². The number of anilines is 1. The summed E-state index contributed by atoms with van der Waals surface area (Å²) in [6, 6.07) is 11.3. The van der Waals surface area contributed by atoms with E-state index in [1.54, 1.807) is 18.2 Å². The molecule has 0 aromatic heterocycles. The first-order valence-corrected chi connectivity index (χ1v) is 12.1. The van der Waals surface area contributed by atoms with Crippen molar-refractivity contribution in [2.75, 3.05) is 5.32 Å². The Hall–Kier alpha value is -1.84. The Kier molecular flexibility index (Phi) is 7.03. The zero-order chi connectivity index (χ0) is 22.0. The van der Waals surface area contributed by atoms with Crippen molar-refractivity contribution in [2.24, 2.45) is 17.8 Å². The van der Waals surface area contributed by atoms with Crippen molar-refractivity contribution >= 4 is 40.6 Å². The third-order valence-corrected chi connectivity index (χ3v) is 7.79. The molecule has 1 amide bonds. The number of rotatable bonds is 4. The van der Waals surface area contributed by atoms with E-state index < -0.39 is 0 Å². The first-order valence-electron chi connectivity index (χ1n) is 11.3. The Labute approximate surface area is 194 Å².